The maximum atomic E-state index is 12.4. The zero-order valence-corrected chi connectivity index (χ0v) is 11.4. The van der Waals surface area contributed by atoms with Crippen molar-refractivity contribution in [2.45, 2.75) is 32.5 Å². The zero-order valence-electron chi connectivity index (χ0n) is 11.4. The largest absolute Gasteiger partial charge is 0.507 e. The number of phenols is 2. The third-order valence-electron chi connectivity index (χ3n) is 3.09. The summed E-state index contributed by atoms with van der Waals surface area (Å²) in [4.78, 5) is 14.0. The van der Waals surface area contributed by atoms with Gasteiger partial charge in [-0.3, -0.25) is 4.79 Å². The molecule has 1 atom stereocenters. The van der Waals surface area contributed by atoms with Gasteiger partial charge < -0.3 is 19.8 Å². The molecular weight excluding hydrogens is 246 g/mol. The monoisotopic (exact) mass is 265 g/mol. The van der Waals surface area contributed by atoms with Gasteiger partial charge in [0.05, 0.1) is 11.7 Å². The van der Waals surface area contributed by atoms with Crippen molar-refractivity contribution in [3.05, 3.63) is 23.8 Å². The van der Waals surface area contributed by atoms with Crippen LogP contribution in [-0.2, 0) is 4.74 Å². The molecule has 1 aliphatic rings. The van der Waals surface area contributed by atoms with Crippen LogP contribution in [0.4, 0.5) is 0 Å². The van der Waals surface area contributed by atoms with E-state index in [2.05, 4.69) is 0 Å². The van der Waals surface area contributed by atoms with Crippen molar-refractivity contribution in [2.75, 3.05) is 13.1 Å². The number of carbonyl (C=O) groups is 1. The van der Waals surface area contributed by atoms with E-state index in [4.69, 9.17) is 4.74 Å². The second kappa shape index (κ2) is 4.74. The number of morpholine rings is 1. The first-order valence-electron chi connectivity index (χ1n) is 6.28. The lowest BCUT2D eigenvalue weighted by molar-refractivity contribution is -0.118. The number of aromatic hydroxyl groups is 2. The van der Waals surface area contributed by atoms with Gasteiger partial charge in [0.25, 0.3) is 5.91 Å². The molecule has 1 amide bonds. The number of hydrogen-bond donors (Lipinski definition) is 2. The van der Waals surface area contributed by atoms with Crippen molar-refractivity contribution < 1.29 is 19.7 Å². The van der Waals surface area contributed by atoms with E-state index in [1.54, 1.807) is 4.90 Å². The number of phenolic OH excluding ortho intramolecular Hbond substituents is 2. The number of amides is 1. The van der Waals surface area contributed by atoms with Gasteiger partial charge in [0.15, 0.2) is 0 Å². The van der Waals surface area contributed by atoms with E-state index in [0.29, 0.717) is 13.1 Å². The Morgan fingerprint density at radius 2 is 1.95 bits per heavy atom. The molecule has 0 saturated carbocycles. The first-order valence-corrected chi connectivity index (χ1v) is 6.28. The summed E-state index contributed by atoms with van der Waals surface area (Å²) in [6.45, 7) is 6.58. The highest BCUT2D eigenvalue weighted by Gasteiger charge is 2.35. The molecule has 5 nitrogen and oxygen atoms in total. The highest BCUT2D eigenvalue weighted by atomic mass is 16.5. The number of nitrogens with zero attached hydrogens (tertiary/aromatic N) is 1. The van der Waals surface area contributed by atoms with Crippen LogP contribution in [0.15, 0.2) is 18.2 Å². The molecule has 1 fully saturated rings. The van der Waals surface area contributed by atoms with Crippen LogP contribution in [0, 0.1) is 0 Å². The fraction of sp³-hybridized carbons (Fsp3) is 0.500. The van der Waals surface area contributed by atoms with Gasteiger partial charge in [-0.25, -0.2) is 0 Å². The second-order valence-electron chi connectivity index (χ2n) is 5.55. The van der Waals surface area contributed by atoms with E-state index in [0.717, 1.165) is 0 Å². The minimum absolute atomic E-state index is 0.0487. The van der Waals surface area contributed by atoms with Crippen molar-refractivity contribution in [3.63, 3.8) is 0 Å². The molecule has 1 unspecified atom stereocenters. The van der Waals surface area contributed by atoms with Crippen LogP contribution in [0.3, 0.4) is 0 Å². The average Bonchev–Trinajstić information content (AvgIpc) is 2.25. The van der Waals surface area contributed by atoms with E-state index in [-0.39, 0.29) is 29.1 Å². The van der Waals surface area contributed by atoms with Gasteiger partial charge in [-0.15, -0.1) is 0 Å². The maximum Gasteiger partial charge on any atom is 0.261 e. The molecule has 1 aromatic carbocycles. The molecule has 1 aromatic rings. The van der Waals surface area contributed by atoms with Crippen LogP contribution in [0.25, 0.3) is 0 Å². The van der Waals surface area contributed by atoms with E-state index in [1.165, 1.54) is 18.2 Å². The predicted octanol–water partition coefficient (Wildman–Crippen LogP) is 1.74. The van der Waals surface area contributed by atoms with Gasteiger partial charge in [0, 0.05) is 13.1 Å². The van der Waals surface area contributed by atoms with Crippen LogP contribution in [0.2, 0.25) is 0 Å². The Hall–Kier alpha value is -1.75. The number of benzene rings is 1. The Bertz CT molecular complexity index is 478. The van der Waals surface area contributed by atoms with Gasteiger partial charge in [-0.1, -0.05) is 6.07 Å². The number of rotatable bonds is 1. The molecule has 2 rings (SSSR count). The van der Waals surface area contributed by atoms with E-state index >= 15 is 0 Å². The van der Waals surface area contributed by atoms with Gasteiger partial charge >= 0.3 is 0 Å². The maximum absolute atomic E-state index is 12.4. The molecule has 1 saturated heterocycles. The molecule has 1 aliphatic heterocycles. The minimum Gasteiger partial charge on any atom is -0.507 e. The Balaban J connectivity index is 2.29. The number of carbonyl (C=O) groups excluding carboxylic acids is 1. The Kier molecular flexibility index (Phi) is 3.41. The smallest absolute Gasteiger partial charge is 0.261 e. The van der Waals surface area contributed by atoms with Gasteiger partial charge in [-0.2, -0.15) is 0 Å². The lowest BCUT2D eigenvalue weighted by atomic mass is 10.0. The molecule has 0 aromatic heterocycles. The summed E-state index contributed by atoms with van der Waals surface area (Å²) in [7, 11) is 0. The normalized spacial score (nSPS) is 22.3. The highest BCUT2D eigenvalue weighted by molar-refractivity contribution is 5.99. The van der Waals surface area contributed by atoms with Crippen molar-refractivity contribution in [3.8, 4) is 11.5 Å². The molecule has 0 bridgehead atoms. The molecule has 5 heteroatoms. The Morgan fingerprint density at radius 3 is 2.47 bits per heavy atom. The molecular formula is C14H19NO4. The SMILES string of the molecule is CC1CN(C(=O)c2c(O)cccc2O)CC(C)(C)O1. The van der Waals surface area contributed by atoms with Crippen molar-refractivity contribution in [2.24, 2.45) is 0 Å². The molecule has 2 N–H and O–H groups in total. The van der Waals surface area contributed by atoms with E-state index in [1.807, 2.05) is 20.8 Å². The quantitative estimate of drug-likeness (QED) is 0.811. The van der Waals surface area contributed by atoms with Crippen molar-refractivity contribution in [1.82, 2.24) is 4.90 Å². The topological polar surface area (TPSA) is 70.0 Å². The summed E-state index contributed by atoms with van der Waals surface area (Å²) in [6.07, 6.45) is -0.0827. The average molecular weight is 265 g/mol. The second-order valence-corrected chi connectivity index (χ2v) is 5.55. The van der Waals surface area contributed by atoms with Crippen molar-refractivity contribution in [1.29, 1.82) is 0 Å². The van der Waals surface area contributed by atoms with E-state index in [9.17, 15) is 15.0 Å². The zero-order chi connectivity index (χ0) is 14.2. The molecule has 0 aliphatic carbocycles. The Labute approximate surface area is 112 Å². The minimum atomic E-state index is -0.437. The third-order valence-corrected chi connectivity index (χ3v) is 3.09. The van der Waals surface area contributed by atoms with Crippen LogP contribution in [0.1, 0.15) is 31.1 Å². The van der Waals surface area contributed by atoms with Crippen LogP contribution < -0.4 is 0 Å². The van der Waals surface area contributed by atoms with Crippen LogP contribution >= 0.6 is 0 Å². The number of hydrogen-bond acceptors (Lipinski definition) is 4. The van der Waals surface area contributed by atoms with Gasteiger partial charge in [0.1, 0.15) is 17.1 Å². The lowest BCUT2D eigenvalue weighted by Crippen LogP contribution is -2.53. The van der Waals surface area contributed by atoms with Crippen LogP contribution in [-0.4, -0.2) is 45.8 Å². The summed E-state index contributed by atoms with van der Waals surface area (Å²) >= 11 is 0. The summed E-state index contributed by atoms with van der Waals surface area (Å²) in [5.74, 6) is -0.789. The first-order chi connectivity index (χ1) is 8.80. The van der Waals surface area contributed by atoms with Gasteiger partial charge in [-0.05, 0) is 32.9 Å². The molecule has 104 valence electrons. The van der Waals surface area contributed by atoms with Gasteiger partial charge in [0.2, 0.25) is 0 Å². The molecule has 0 radical (unpaired) electrons. The first kappa shape index (κ1) is 13.7. The van der Waals surface area contributed by atoms with E-state index < -0.39 is 5.60 Å². The molecule has 19 heavy (non-hydrogen) atoms. The predicted molar refractivity (Wildman–Crippen MR) is 70.3 cm³/mol. The third kappa shape index (κ3) is 2.81. The molecule has 1 heterocycles. The highest BCUT2D eigenvalue weighted by Crippen LogP contribution is 2.30. The summed E-state index contributed by atoms with van der Waals surface area (Å²) in [5.41, 5.74) is -0.486. The molecule has 0 spiro atoms. The van der Waals surface area contributed by atoms with Crippen LogP contribution in [0.5, 0.6) is 11.5 Å². The number of ether oxygens (including phenoxy) is 1. The summed E-state index contributed by atoms with van der Waals surface area (Å²) in [6, 6.07) is 4.28. The summed E-state index contributed by atoms with van der Waals surface area (Å²) in [5, 5.41) is 19.5. The standard InChI is InChI=1S/C14H19NO4/c1-9-7-15(8-14(2,3)19-9)13(18)12-10(16)5-4-6-11(12)17/h4-6,9,16-17H,7-8H2,1-3H3. The Morgan fingerprint density at radius 1 is 1.37 bits per heavy atom. The fourth-order valence-corrected chi connectivity index (χ4v) is 2.51. The van der Waals surface area contributed by atoms with Crippen molar-refractivity contribution >= 4 is 5.91 Å². The summed E-state index contributed by atoms with van der Waals surface area (Å²) < 4.78 is 5.73. The lowest BCUT2D eigenvalue weighted by Gasteiger charge is -2.41. The fourth-order valence-electron chi connectivity index (χ4n) is 2.51.